The van der Waals surface area contributed by atoms with Gasteiger partial charge in [-0.05, 0) is 48.0 Å². The van der Waals surface area contributed by atoms with Crippen LogP contribution in [0.4, 0.5) is 5.69 Å². The summed E-state index contributed by atoms with van der Waals surface area (Å²) < 4.78 is 10.5. The van der Waals surface area contributed by atoms with Crippen LogP contribution >= 0.6 is 0 Å². The summed E-state index contributed by atoms with van der Waals surface area (Å²) in [5, 5.41) is 5.91. The SMILES string of the molecule is COc1ccc(C(=O)Nc2ccc(C(C)(C)CNC(=O)c3c[nH]c4cccnc34)cc2)cc1OC. The monoisotopic (exact) mass is 472 g/mol. The molecule has 8 nitrogen and oxygen atoms in total. The third-order valence-corrected chi connectivity index (χ3v) is 5.94. The minimum Gasteiger partial charge on any atom is -0.493 e. The van der Waals surface area contributed by atoms with E-state index in [-0.39, 0.29) is 17.2 Å². The van der Waals surface area contributed by atoms with Crippen molar-refractivity contribution >= 4 is 28.5 Å². The van der Waals surface area contributed by atoms with E-state index >= 15 is 0 Å². The smallest absolute Gasteiger partial charge is 0.255 e. The molecule has 0 atom stereocenters. The summed E-state index contributed by atoms with van der Waals surface area (Å²) in [4.78, 5) is 32.8. The van der Waals surface area contributed by atoms with Gasteiger partial charge in [0.25, 0.3) is 11.8 Å². The lowest BCUT2D eigenvalue weighted by Gasteiger charge is -2.26. The van der Waals surface area contributed by atoms with Gasteiger partial charge >= 0.3 is 0 Å². The average molecular weight is 473 g/mol. The zero-order valence-electron chi connectivity index (χ0n) is 20.1. The number of amides is 2. The molecule has 35 heavy (non-hydrogen) atoms. The number of methoxy groups -OCH3 is 2. The van der Waals surface area contributed by atoms with E-state index in [1.165, 1.54) is 7.11 Å². The van der Waals surface area contributed by atoms with Crippen molar-refractivity contribution in [2.75, 3.05) is 26.1 Å². The molecule has 0 spiro atoms. The molecule has 0 aliphatic carbocycles. The van der Waals surface area contributed by atoms with Crippen LogP contribution in [0, 0.1) is 0 Å². The Hall–Kier alpha value is -4.33. The molecule has 8 heteroatoms. The fourth-order valence-electron chi connectivity index (χ4n) is 3.81. The van der Waals surface area contributed by atoms with Gasteiger partial charge in [0.15, 0.2) is 11.5 Å². The van der Waals surface area contributed by atoms with Crippen LogP contribution in [0.1, 0.15) is 40.1 Å². The molecule has 3 N–H and O–H groups in total. The van der Waals surface area contributed by atoms with Gasteiger partial charge in [-0.1, -0.05) is 26.0 Å². The minimum absolute atomic E-state index is 0.179. The van der Waals surface area contributed by atoms with Crippen molar-refractivity contribution in [2.45, 2.75) is 19.3 Å². The summed E-state index contributed by atoms with van der Waals surface area (Å²) in [6.07, 6.45) is 3.35. The number of rotatable bonds is 8. The molecule has 0 fully saturated rings. The van der Waals surface area contributed by atoms with Gasteiger partial charge in [0, 0.05) is 35.6 Å². The number of aromatic amines is 1. The van der Waals surface area contributed by atoms with Crippen LogP contribution in [-0.4, -0.2) is 42.5 Å². The number of nitrogens with zero attached hydrogens (tertiary/aromatic N) is 1. The second-order valence-electron chi connectivity index (χ2n) is 8.77. The summed E-state index contributed by atoms with van der Waals surface area (Å²) in [6.45, 7) is 4.54. The Labute approximate surface area is 203 Å². The Bertz CT molecular complexity index is 1360. The van der Waals surface area contributed by atoms with E-state index in [0.29, 0.717) is 40.4 Å². The van der Waals surface area contributed by atoms with E-state index in [4.69, 9.17) is 9.47 Å². The molecule has 2 aromatic carbocycles. The van der Waals surface area contributed by atoms with Crippen LogP contribution in [0.2, 0.25) is 0 Å². The predicted octanol–water partition coefficient (Wildman–Crippen LogP) is 4.54. The standard InChI is InChI=1S/C27H28N4O4/c1-27(2,16-30-26(33)20-15-29-21-6-5-13-28-24(20)21)18-8-10-19(11-9-18)31-25(32)17-7-12-22(34-3)23(14-17)35-4/h5-15,29H,16H2,1-4H3,(H,30,33)(H,31,32). The predicted molar refractivity (Wildman–Crippen MR) is 135 cm³/mol. The fourth-order valence-corrected chi connectivity index (χ4v) is 3.81. The minimum atomic E-state index is -0.332. The molecule has 0 saturated heterocycles. The van der Waals surface area contributed by atoms with Gasteiger partial charge in [-0.3, -0.25) is 14.6 Å². The first-order chi connectivity index (χ1) is 16.8. The van der Waals surface area contributed by atoms with Gasteiger partial charge in [-0.15, -0.1) is 0 Å². The first kappa shape index (κ1) is 23.8. The van der Waals surface area contributed by atoms with Gasteiger partial charge < -0.3 is 25.1 Å². The summed E-state index contributed by atoms with van der Waals surface area (Å²) in [6, 6.07) is 16.3. The first-order valence-electron chi connectivity index (χ1n) is 11.2. The summed E-state index contributed by atoms with van der Waals surface area (Å²) in [7, 11) is 3.07. The average Bonchev–Trinajstić information content (AvgIpc) is 3.31. The van der Waals surface area contributed by atoms with Crippen molar-refractivity contribution in [1.29, 1.82) is 0 Å². The van der Waals surface area contributed by atoms with Crippen molar-refractivity contribution in [3.8, 4) is 11.5 Å². The number of fused-ring (bicyclic) bond motifs is 1. The molecule has 2 heterocycles. The highest BCUT2D eigenvalue weighted by Crippen LogP contribution is 2.28. The third kappa shape index (κ3) is 5.11. The van der Waals surface area contributed by atoms with Gasteiger partial charge in [0.05, 0.1) is 25.3 Å². The van der Waals surface area contributed by atoms with Crippen molar-refractivity contribution in [3.63, 3.8) is 0 Å². The largest absolute Gasteiger partial charge is 0.493 e. The molecular formula is C27H28N4O4. The Balaban J connectivity index is 1.40. The fraction of sp³-hybridized carbons (Fsp3) is 0.222. The number of nitrogens with one attached hydrogen (secondary N) is 3. The number of aromatic nitrogens is 2. The van der Waals surface area contributed by atoms with Crippen molar-refractivity contribution < 1.29 is 19.1 Å². The number of benzene rings is 2. The topological polar surface area (TPSA) is 105 Å². The number of ether oxygens (including phenoxy) is 2. The molecule has 0 aliphatic rings. The zero-order chi connectivity index (χ0) is 25.0. The van der Waals surface area contributed by atoms with E-state index in [1.54, 1.807) is 37.7 Å². The second kappa shape index (κ2) is 9.89. The quantitative estimate of drug-likeness (QED) is 0.349. The number of pyridine rings is 1. The molecule has 2 aromatic heterocycles. The molecule has 0 radical (unpaired) electrons. The van der Waals surface area contributed by atoms with Gasteiger partial charge in [0.1, 0.15) is 5.52 Å². The van der Waals surface area contributed by atoms with Crippen molar-refractivity contribution in [1.82, 2.24) is 15.3 Å². The van der Waals surface area contributed by atoms with E-state index in [0.717, 1.165) is 11.1 Å². The molecule has 0 aliphatic heterocycles. The van der Waals surface area contributed by atoms with E-state index in [9.17, 15) is 9.59 Å². The number of carbonyl (C=O) groups excluding carboxylic acids is 2. The Morgan fingerprint density at radius 1 is 0.971 bits per heavy atom. The van der Waals surface area contributed by atoms with Crippen LogP contribution in [0.3, 0.4) is 0 Å². The normalized spacial score (nSPS) is 11.2. The molecule has 4 rings (SSSR count). The molecule has 0 saturated carbocycles. The lowest BCUT2D eigenvalue weighted by atomic mass is 9.84. The Kier molecular flexibility index (Phi) is 6.73. The van der Waals surface area contributed by atoms with Gasteiger partial charge in [0.2, 0.25) is 0 Å². The lowest BCUT2D eigenvalue weighted by molar-refractivity contribution is 0.0946. The number of hydrogen-bond acceptors (Lipinski definition) is 5. The summed E-state index contributed by atoms with van der Waals surface area (Å²) in [5.74, 6) is 0.616. The van der Waals surface area contributed by atoms with Crippen LogP contribution in [0.15, 0.2) is 67.0 Å². The van der Waals surface area contributed by atoms with Crippen LogP contribution in [-0.2, 0) is 5.41 Å². The highest BCUT2D eigenvalue weighted by atomic mass is 16.5. The molecule has 0 unspecified atom stereocenters. The van der Waals surface area contributed by atoms with Gasteiger partial charge in [-0.25, -0.2) is 0 Å². The maximum absolute atomic E-state index is 12.8. The van der Waals surface area contributed by atoms with E-state index in [1.807, 2.05) is 36.4 Å². The maximum atomic E-state index is 12.8. The Morgan fingerprint density at radius 2 is 1.71 bits per heavy atom. The summed E-state index contributed by atoms with van der Waals surface area (Å²) >= 11 is 0. The van der Waals surface area contributed by atoms with Crippen molar-refractivity contribution in [2.24, 2.45) is 0 Å². The number of anilines is 1. The van der Waals surface area contributed by atoms with Gasteiger partial charge in [-0.2, -0.15) is 0 Å². The first-order valence-corrected chi connectivity index (χ1v) is 11.2. The number of carbonyl (C=O) groups is 2. The van der Waals surface area contributed by atoms with E-state index in [2.05, 4.69) is 34.4 Å². The second-order valence-corrected chi connectivity index (χ2v) is 8.77. The van der Waals surface area contributed by atoms with Crippen LogP contribution < -0.4 is 20.1 Å². The zero-order valence-corrected chi connectivity index (χ0v) is 20.1. The lowest BCUT2D eigenvalue weighted by Crippen LogP contribution is -2.36. The van der Waals surface area contributed by atoms with Crippen molar-refractivity contribution in [3.05, 3.63) is 83.7 Å². The van der Waals surface area contributed by atoms with E-state index < -0.39 is 0 Å². The number of hydrogen-bond donors (Lipinski definition) is 3. The Morgan fingerprint density at radius 3 is 2.43 bits per heavy atom. The van der Waals surface area contributed by atoms with Crippen LogP contribution in [0.25, 0.3) is 11.0 Å². The molecule has 4 aromatic rings. The molecule has 180 valence electrons. The maximum Gasteiger partial charge on any atom is 0.255 e. The molecular weight excluding hydrogens is 444 g/mol. The highest BCUT2D eigenvalue weighted by molar-refractivity contribution is 6.05. The van der Waals surface area contributed by atoms with Crippen LogP contribution in [0.5, 0.6) is 11.5 Å². The third-order valence-electron chi connectivity index (χ3n) is 5.94. The highest BCUT2D eigenvalue weighted by Gasteiger charge is 2.23. The summed E-state index contributed by atoms with van der Waals surface area (Å²) in [5.41, 5.74) is 3.81. The molecule has 0 bridgehead atoms. The molecule has 2 amide bonds. The number of H-pyrrole nitrogens is 1.